The summed E-state index contributed by atoms with van der Waals surface area (Å²) in [6, 6.07) is 23.5. The first kappa shape index (κ1) is 34.0. The molecule has 0 saturated heterocycles. The molecule has 5 aromatic rings. The zero-order chi connectivity index (χ0) is 33.8. The van der Waals surface area contributed by atoms with Crippen LogP contribution in [0.5, 0.6) is 11.6 Å². The minimum absolute atomic E-state index is 0.242. The van der Waals surface area contributed by atoms with E-state index in [2.05, 4.69) is 26.7 Å². The smallest absolute Gasteiger partial charge is 0.309 e. The van der Waals surface area contributed by atoms with E-state index >= 15 is 0 Å². The van der Waals surface area contributed by atoms with Crippen LogP contribution < -0.4 is 9.47 Å². The lowest BCUT2D eigenvalue weighted by atomic mass is 9.88. The number of pyridine rings is 2. The van der Waals surface area contributed by atoms with Gasteiger partial charge in [0.2, 0.25) is 5.88 Å². The Hall–Kier alpha value is -4.35. The van der Waals surface area contributed by atoms with Crippen LogP contribution in [-0.4, -0.2) is 58.4 Å². The fourth-order valence-electron chi connectivity index (χ4n) is 5.08. The largest absolute Gasteiger partial charge is 0.487 e. The van der Waals surface area contributed by atoms with E-state index in [1.54, 1.807) is 40.3 Å². The minimum atomic E-state index is -3.27. The van der Waals surface area contributed by atoms with Gasteiger partial charge in [-0.3, -0.25) is 9.78 Å². The van der Waals surface area contributed by atoms with Gasteiger partial charge in [0, 0.05) is 70.5 Å². The summed E-state index contributed by atoms with van der Waals surface area (Å²) >= 11 is 1.44. The van der Waals surface area contributed by atoms with Gasteiger partial charge in [0.05, 0.1) is 23.5 Å². The highest BCUT2D eigenvalue weighted by Crippen LogP contribution is 2.40. The molecule has 9 nitrogen and oxygen atoms in total. The maximum atomic E-state index is 12.4. The van der Waals surface area contributed by atoms with Crippen LogP contribution in [0.25, 0.3) is 22.0 Å². The van der Waals surface area contributed by atoms with Gasteiger partial charge in [0.25, 0.3) is 0 Å². The van der Waals surface area contributed by atoms with Gasteiger partial charge in [-0.25, -0.2) is 13.4 Å². The van der Waals surface area contributed by atoms with Gasteiger partial charge in [-0.1, -0.05) is 30.3 Å². The van der Waals surface area contributed by atoms with Crippen LogP contribution in [0, 0.1) is 5.41 Å². The molecule has 0 aliphatic rings. The molecule has 1 N–H and O–H groups in total. The zero-order valence-corrected chi connectivity index (χ0v) is 28.8. The maximum Gasteiger partial charge on any atom is 0.309 e. The number of hydrogen-bond acceptors (Lipinski definition) is 8. The third-order valence-corrected chi connectivity index (χ3v) is 11.4. The van der Waals surface area contributed by atoms with E-state index in [9.17, 15) is 18.3 Å². The van der Waals surface area contributed by atoms with Crippen LogP contribution in [0.4, 0.5) is 0 Å². The Bertz CT molecular complexity index is 1960. The van der Waals surface area contributed by atoms with Crippen molar-refractivity contribution in [3.63, 3.8) is 0 Å². The van der Waals surface area contributed by atoms with Gasteiger partial charge < -0.3 is 19.1 Å². The van der Waals surface area contributed by atoms with Crippen molar-refractivity contribution in [1.82, 2.24) is 14.5 Å². The standard InChI is InChI=1S/C36H39N3O6S2/c1-24(47(5,42)43)23-46-34-30-18-29(45-22-28-8-6-7-17-37-28)14-15-31(30)39(32(34)19-36(2,3)35(40)41)21-25-9-11-26(12-10-25)27-13-16-33(44-4)38-20-27/h6-18,20,24H,19,21-23H2,1-5H3,(H,40,41). The van der Waals surface area contributed by atoms with E-state index in [4.69, 9.17) is 9.47 Å². The van der Waals surface area contributed by atoms with Crippen LogP contribution in [0.1, 0.15) is 37.7 Å². The van der Waals surface area contributed by atoms with Crippen LogP contribution in [0.2, 0.25) is 0 Å². The first-order chi connectivity index (χ1) is 22.4. The van der Waals surface area contributed by atoms with Crippen molar-refractivity contribution in [2.45, 2.75) is 50.5 Å². The second-order valence-corrected chi connectivity index (χ2v) is 15.7. The number of ether oxygens (including phenoxy) is 2. The summed E-state index contributed by atoms with van der Waals surface area (Å²) < 4.78 is 38.2. The minimum Gasteiger partial charge on any atom is -0.487 e. The Morgan fingerprint density at radius 3 is 2.38 bits per heavy atom. The van der Waals surface area contributed by atoms with Crippen molar-refractivity contribution in [3.05, 3.63) is 102 Å². The number of nitrogens with zero attached hydrogens (tertiary/aromatic N) is 3. The SMILES string of the molecule is COc1ccc(-c2ccc(Cn3c(CC(C)(C)C(=O)O)c(SCC(C)S(C)(=O)=O)c4cc(OCc5ccccn5)ccc43)cc2)cn1. The van der Waals surface area contributed by atoms with Crippen LogP contribution in [-0.2, 0) is 34.2 Å². The van der Waals surface area contributed by atoms with Gasteiger partial charge in [-0.15, -0.1) is 11.8 Å². The number of carboxylic acids is 1. The molecular formula is C36H39N3O6S2. The molecule has 0 aliphatic heterocycles. The van der Waals surface area contributed by atoms with Crippen LogP contribution >= 0.6 is 11.8 Å². The summed E-state index contributed by atoms with van der Waals surface area (Å²) in [5.74, 6) is 0.597. The number of carbonyl (C=O) groups is 1. The van der Waals surface area contributed by atoms with Crippen molar-refractivity contribution < 1.29 is 27.8 Å². The molecule has 0 spiro atoms. The fraction of sp³-hybridized carbons (Fsp3) is 0.306. The lowest BCUT2D eigenvalue weighted by molar-refractivity contribution is -0.146. The number of fused-ring (bicyclic) bond motifs is 1. The average Bonchev–Trinajstić information content (AvgIpc) is 3.33. The summed E-state index contributed by atoms with van der Waals surface area (Å²) in [6.45, 7) is 5.90. The predicted octanol–water partition coefficient (Wildman–Crippen LogP) is 6.91. The van der Waals surface area contributed by atoms with E-state index in [-0.39, 0.29) is 13.0 Å². The first-order valence-corrected chi connectivity index (χ1v) is 18.1. The average molecular weight is 674 g/mol. The summed E-state index contributed by atoms with van der Waals surface area (Å²) in [4.78, 5) is 21.9. The molecule has 0 amide bonds. The van der Waals surface area contributed by atoms with E-state index in [0.717, 1.165) is 43.9 Å². The topological polar surface area (TPSA) is 121 Å². The Morgan fingerprint density at radius 1 is 1.02 bits per heavy atom. The number of sulfone groups is 1. The van der Waals surface area contributed by atoms with Gasteiger partial charge in [0.15, 0.2) is 9.84 Å². The van der Waals surface area contributed by atoms with E-state index in [0.29, 0.717) is 23.9 Å². The number of methoxy groups -OCH3 is 1. The molecular weight excluding hydrogens is 635 g/mol. The number of thioether (sulfide) groups is 1. The second-order valence-electron chi connectivity index (χ2n) is 12.3. The molecule has 3 heterocycles. The highest BCUT2D eigenvalue weighted by atomic mass is 32.2. The van der Waals surface area contributed by atoms with E-state index < -0.39 is 26.5 Å². The highest BCUT2D eigenvalue weighted by Gasteiger charge is 2.32. The van der Waals surface area contributed by atoms with Gasteiger partial charge in [-0.05, 0) is 68.3 Å². The van der Waals surface area contributed by atoms with E-state index in [1.165, 1.54) is 18.0 Å². The normalized spacial score (nSPS) is 12.6. The third kappa shape index (κ3) is 8.15. The molecule has 0 aliphatic carbocycles. The molecule has 0 bridgehead atoms. The third-order valence-electron chi connectivity index (χ3n) is 8.16. The van der Waals surface area contributed by atoms with Crippen molar-refractivity contribution >= 4 is 38.5 Å². The van der Waals surface area contributed by atoms with Gasteiger partial charge >= 0.3 is 5.97 Å². The second kappa shape index (κ2) is 14.2. The monoisotopic (exact) mass is 673 g/mol. The Morgan fingerprint density at radius 2 is 1.77 bits per heavy atom. The number of hydrogen-bond donors (Lipinski definition) is 1. The first-order valence-electron chi connectivity index (χ1n) is 15.2. The molecule has 3 aromatic heterocycles. The van der Waals surface area contributed by atoms with Crippen LogP contribution in [0.3, 0.4) is 0 Å². The van der Waals surface area contributed by atoms with Crippen molar-refractivity contribution in [1.29, 1.82) is 0 Å². The molecule has 246 valence electrons. The zero-order valence-electron chi connectivity index (χ0n) is 27.1. The molecule has 0 radical (unpaired) electrons. The molecule has 1 atom stereocenters. The number of rotatable bonds is 14. The van der Waals surface area contributed by atoms with Crippen molar-refractivity contribution in [2.75, 3.05) is 19.1 Å². The van der Waals surface area contributed by atoms with Crippen molar-refractivity contribution in [3.8, 4) is 22.8 Å². The maximum absolute atomic E-state index is 12.4. The fourth-order valence-corrected chi connectivity index (χ4v) is 7.34. The van der Waals surface area contributed by atoms with Gasteiger partial charge in [0.1, 0.15) is 12.4 Å². The summed E-state index contributed by atoms with van der Waals surface area (Å²) in [7, 11) is -1.69. The molecule has 47 heavy (non-hydrogen) atoms. The molecule has 0 fully saturated rings. The Labute approximate surface area is 279 Å². The lowest BCUT2D eigenvalue weighted by Crippen LogP contribution is -2.28. The van der Waals surface area contributed by atoms with Crippen LogP contribution in [0.15, 0.2) is 90.1 Å². The van der Waals surface area contributed by atoms with Gasteiger partial charge in [-0.2, -0.15) is 0 Å². The summed E-state index contributed by atoms with van der Waals surface area (Å²) in [5.41, 5.74) is 4.46. The number of aliphatic carboxylic acids is 1. The number of carboxylic acid groups (broad SMARTS) is 1. The molecule has 5 rings (SSSR count). The molecule has 1 unspecified atom stereocenters. The van der Waals surface area contributed by atoms with E-state index in [1.807, 2.05) is 60.7 Å². The predicted molar refractivity (Wildman–Crippen MR) is 186 cm³/mol. The number of benzene rings is 2. The molecule has 2 aromatic carbocycles. The summed E-state index contributed by atoms with van der Waals surface area (Å²) in [6.07, 6.45) is 4.97. The molecule has 0 saturated carbocycles. The van der Waals surface area contributed by atoms with Crippen molar-refractivity contribution in [2.24, 2.45) is 5.41 Å². The quantitative estimate of drug-likeness (QED) is 0.125. The lowest BCUT2D eigenvalue weighted by Gasteiger charge is -2.22. The Balaban J connectivity index is 1.58. The Kier molecular flexibility index (Phi) is 10.3. The highest BCUT2D eigenvalue weighted by molar-refractivity contribution is 8.01. The summed E-state index contributed by atoms with van der Waals surface area (Å²) in [5, 5.41) is 10.4. The molecule has 11 heteroatoms. The number of aromatic nitrogens is 3.